The highest BCUT2D eigenvalue weighted by Crippen LogP contribution is 2.26. The van der Waals surface area contributed by atoms with Gasteiger partial charge in [0.15, 0.2) is 0 Å². The average molecular weight is 332 g/mol. The number of ether oxygens (including phenoxy) is 2. The van der Waals surface area contributed by atoms with Crippen LogP contribution >= 0.6 is 15.9 Å². The molecule has 1 rings (SSSR count). The molecule has 0 aliphatic rings. The number of halogens is 1. The van der Waals surface area contributed by atoms with Crippen molar-refractivity contribution >= 4 is 15.9 Å². The topological polar surface area (TPSA) is 50.7 Å². The predicted molar refractivity (Wildman–Crippen MR) is 79.5 cm³/mol. The van der Waals surface area contributed by atoms with E-state index in [1.54, 1.807) is 7.11 Å². The van der Waals surface area contributed by atoms with E-state index in [2.05, 4.69) is 21.2 Å². The van der Waals surface area contributed by atoms with Gasteiger partial charge in [0, 0.05) is 20.2 Å². The number of nitrogens with one attached hydrogen (secondary N) is 1. The van der Waals surface area contributed by atoms with Gasteiger partial charge in [0.2, 0.25) is 0 Å². The molecule has 19 heavy (non-hydrogen) atoms. The van der Waals surface area contributed by atoms with Gasteiger partial charge in [0.25, 0.3) is 0 Å². The SMILES string of the molecule is CCC(O)COc1ccc(CNCCOC)cc1Br. The Bertz CT molecular complexity index is 374. The average Bonchev–Trinajstić information content (AvgIpc) is 2.42. The van der Waals surface area contributed by atoms with Crippen molar-refractivity contribution in [2.45, 2.75) is 26.0 Å². The molecule has 0 heterocycles. The summed E-state index contributed by atoms with van der Waals surface area (Å²) in [6.07, 6.45) is 0.279. The van der Waals surface area contributed by atoms with E-state index in [4.69, 9.17) is 9.47 Å². The number of aliphatic hydroxyl groups is 1. The molecule has 0 fully saturated rings. The van der Waals surface area contributed by atoms with Crippen molar-refractivity contribution in [1.82, 2.24) is 5.32 Å². The quantitative estimate of drug-likeness (QED) is 0.682. The Kier molecular flexibility index (Phi) is 8.05. The Balaban J connectivity index is 2.45. The first-order valence-electron chi connectivity index (χ1n) is 6.46. The van der Waals surface area contributed by atoms with Gasteiger partial charge in [0.05, 0.1) is 17.2 Å². The summed E-state index contributed by atoms with van der Waals surface area (Å²) < 4.78 is 11.4. The molecule has 1 unspecified atom stereocenters. The Labute approximate surface area is 123 Å². The van der Waals surface area contributed by atoms with Gasteiger partial charge in [-0.2, -0.15) is 0 Å². The number of methoxy groups -OCH3 is 1. The van der Waals surface area contributed by atoms with Crippen molar-refractivity contribution < 1.29 is 14.6 Å². The first-order chi connectivity index (χ1) is 9.17. The molecular weight excluding hydrogens is 310 g/mol. The summed E-state index contributed by atoms with van der Waals surface area (Å²) in [4.78, 5) is 0. The van der Waals surface area contributed by atoms with Crippen LogP contribution in [-0.4, -0.2) is 38.1 Å². The van der Waals surface area contributed by atoms with Crippen molar-refractivity contribution in [2.75, 3.05) is 26.9 Å². The third-order valence-corrected chi connectivity index (χ3v) is 3.33. The van der Waals surface area contributed by atoms with Crippen molar-refractivity contribution in [3.05, 3.63) is 28.2 Å². The third kappa shape index (κ3) is 6.38. The third-order valence-electron chi connectivity index (χ3n) is 2.71. The van der Waals surface area contributed by atoms with Crippen molar-refractivity contribution in [3.8, 4) is 5.75 Å². The minimum Gasteiger partial charge on any atom is -0.490 e. The van der Waals surface area contributed by atoms with Crippen LogP contribution in [0.2, 0.25) is 0 Å². The molecule has 0 saturated heterocycles. The molecule has 5 heteroatoms. The van der Waals surface area contributed by atoms with Crippen molar-refractivity contribution in [1.29, 1.82) is 0 Å². The molecular formula is C14H22BrNO3. The Morgan fingerprint density at radius 1 is 1.42 bits per heavy atom. The standard InChI is InChI=1S/C14H22BrNO3/c1-3-12(17)10-19-14-5-4-11(8-13(14)15)9-16-6-7-18-2/h4-5,8,12,16-17H,3,6-7,9-10H2,1-2H3. The first-order valence-corrected chi connectivity index (χ1v) is 7.25. The minimum atomic E-state index is -0.415. The van der Waals surface area contributed by atoms with Crippen LogP contribution in [0.15, 0.2) is 22.7 Å². The van der Waals surface area contributed by atoms with Crippen LogP contribution in [0.25, 0.3) is 0 Å². The van der Waals surface area contributed by atoms with Gasteiger partial charge in [-0.25, -0.2) is 0 Å². The van der Waals surface area contributed by atoms with E-state index in [1.807, 2.05) is 25.1 Å². The largest absolute Gasteiger partial charge is 0.490 e. The molecule has 2 N–H and O–H groups in total. The summed E-state index contributed by atoms with van der Waals surface area (Å²) in [7, 11) is 1.69. The lowest BCUT2D eigenvalue weighted by Crippen LogP contribution is -2.18. The highest BCUT2D eigenvalue weighted by atomic mass is 79.9. The molecule has 0 aliphatic carbocycles. The van der Waals surface area contributed by atoms with Gasteiger partial charge in [-0.15, -0.1) is 0 Å². The van der Waals surface area contributed by atoms with Gasteiger partial charge in [-0.3, -0.25) is 0 Å². The number of aliphatic hydroxyl groups excluding tert-OH is 1. The van der Waals surface area contributed by atoms with Gasteiger partial charge in [-0.1, -0.05) is 13.0 Å². The van der Waals surface area contributed by atoms with Crippen LogP contribution in [0.5, 0.6) is 5.75 Å². The van der Waals surface area contributed by atoms with Gasteiger partial charge >= 0.3 is 0 Å². The molecule has 1 atom stereocenters. The second-order valence-electron chi connectivity index (χ2n) is 4.31. The molecule has 0 aromatic heterocycles. The smallest absolute Gasteiger partial charge is 0.133 e. The number of hydrogen-bond acceptors (Lipinski definition) is 4. The molecule has 0 saturated carbocycles. The summed E-state index contributed by atoms with van der Waals surface area (Å²) in [6.45, 7) is 4.57. The number of hydrogen-bond donors (Lipinski definition) is 2. The number of rotatable bonds is 9. The predicted octanol–water partition coefficient (Wildman–Crippen LogP) is 2.33. The maximum absolute atomic E-state index is 9.47. The Hall–Kier alpha value is -0.620. The van der Waals surface area contributed by atoms with Crippen LogP contribution in [0.1, 0.15) is 18.9 Å². The fraction of sp³-hybridized carbons (Fsp3) is 0.571. The second kappa shape index (κ2) is 9.31. The lowest BCUT2D eigenvalue weighted by Gasteiger charge is -2.12. The van der Waals surface area contributed by atoms with Gasteiger partial charge in [-0.05, 0) is 40.0 Å². The molecule has 108 valence electrons. The van der Waals surface area contributed by atoms with Crippen LogP contribution in [-0.2, 0) is 11.3 Å². The molecule has 4 nitrogen and oxygen atoms in total. The fourth-order valence-electron chi connectivity index (χ4n) is 1.48. The van der Waals surface area contributed by atoms with Crippen molar-refractivity contribution in [3.63, 3.8) is 0 Å². The monoisotopic (exact) mass is 331 g/mol. The summed E-state index contributed by atoms with van der Waals surface area (Å²) in [5.74, 6) is 0.758. The van der Waals surface area contributed by atoms with Crippen molar-refractivity contribution in [2.24, 2.45) is 0 Å². The lowest BCUT2D eigenvalue weighted by molar-refractivity contribution is 0.104. The molecule has 0 spiro atoms. The summed E-state index contributed by atoms with van der Waals surface area (Å²) in [5, 5.41) is 12.8. The summed E-state index contributed by atoms with van der Waals surface area (Å²) in [5.41, 5.74) is 1.17. The van der Waals surface area contributed by atoms with Crippen LogP contribution < -0.4 is 10.1 Å². The normalized spacial score (nSPS) is 12.4. The molecule has 1 aromatic carbocycles. The lowest BCUT2D eigenvalue weighted by atomic mass is 10.2. The van der Waals surface area contributed by atoms with Gasteiger partial charge < -0.3 is 19.9 Å². The van der Waals surface area contributed by atoms with E-state index >= 15 is 0 Å². The zero-order chi connectivity index (χ0) is 14.1. The molecule has 0 aliphatic heterocycles. The zero-order valence-electron chi connectivity index (χ0n) is 11.5. The van der Waals surface area contributed by atoms with Crippen LogP contribution in [0.3, 0.4) is 0 Å². The maximum atomic E-state index is 9.47. The van der Waals surface area contributed by atoms with E-state index in [9.17, 15) is 5.11 Å². The molecule has 0 amide bonds. The van der Waals surface area contributed by atoms with Crippen LogP contribution in [0, 0.1) is 0 Å². The van der Waals surface area contributed by atoms with E-state index in [0.717, 1.165) is 23.3 Å². The van der Waals surface area contributed by atoms with Crippen LogP contribution in [0.4, 0.5) is 0 Å². The minimum absolute atomic E-state index is 0.320. The first kappa shape index (κ1) is 16.4. The summed E-state index contributed by atoms with van der Waals surface area (Å²) >= 11 is 3.48. The van der Waals surface area contributed by atoms with E-state index in [-0.39, 0.29) is 0 Å². The second-order valence-corrected chi connectivity index (χ2v) is 5.16. The van der Waals surface area contributed by atoms with E-state index < -0.39 is 6.10 Å². The summed E-state index contributed by atoms with van der Waals surface area (Å²) in [6, 6.07) is 5.95. The Morgan fingerprint density at radius 3 is 2.84 bits per heavy atom. The highest BCUT2D eigenvalue weighted by molar-refractivity contribution is 9.10. The molecule has 1 aromatic rings. The number of benzene rings is 1. The Morgan fingerprint density at radius 2 is 2.21 bits per heavy atom. The fourth-order valence-corrected chi connectivity index (χ4v) is 2.02. The van der Waals surface area contributed by atoms with E-state index in [0.29, 0.717) is 19.6 Å². The maximum Gasteiger partial charge on any atom is 0.133 e. The molecule has 0 radical (unpaired) electrons. The highest BCUT2D eigenvalue weighted by Gasteiger charge is 2.06. The zero-order valence-corrected chi connectivity index (χ0v) is 13.1. The van der Waals surface area contributed by atoms with E-state index in [1.165, 1.54) is 5.56 Å². The van der Waals surface area contributed by atoms with Gasteiger partial charge in [0.1, 0.15) is 12.4 Å². The molecule has 0 bridgehead atoms.